The first-order valence-electron chi connectivity index (χ1n) is 8.10. The second-order valence-electron chi connectivity index (χ2n) is 6.72. The number of rotatable bonds is 5. The second-order valence-corrected chi connectivity index (χ2v) is 9.23. The number of hydrogen-bond donors (Lipinski definition) is 1. The molecular weight excluding hydrogens is 275 g/mol. The van der Waals surface area contributed by atoms with E-state index in [1.807, 2.05) is 0 Å². The van der Waals surface area contributed by atoms with E-state index in [1.54, 1.807) is 13.8 Å². The zero-order valence-electron chi connectivity index (χ0n) is 12.8. The molecule has 0 saturated heterocycles. The Kier molecular flexibility index (Phi) is 5.70. The van der Waals surface area contributed by atoms with Crippen molar-refractivity contribution in [1.29, 1.82) is 0 Å². The molecule has 0 amide bonds. The summed E-state index contributed by atoms with van der Waals surface area (Å²) in [5.74, 6) is 0. The molecule has 20 heavy (non-hydrogen) atoms. The summed E-state index contributed by atoms with van der Waals surface area (Å²) in [5, 5.41) is 8.86. The lowest BCUT2D eigenvalue weighted by atomic mass is 9.98. The lowest BCUT2D eigenvalue weighted by Gasteiger charge is -2.36. The minimum atomic E-state index is -3.48. The van der Waals surface area contributed by atoms with Crippen molar-refractivity contribution >= 4 is 7.60 Å². The maximum atomic E-state index is 13.1. The van der Waals surface area contributed by atoms with Gasteiger partial charge in [0.25, 0.3) is 0 Å². The van der Waals surface area contributed by atoms with Gasteiger partial charge >= 0.3 is 7.60 Å². The van der Waals surface area contributed by atoms with Gasteiger partial charge < -0.3 is 14.2 Å². The van der Waals surface area contributed by atoms with E-state index in [9.17, 15) is 9.67 Å². The Morgan fingerprint density at radius 2 is 1.20 bits per heavy atom. The van der Waals surface area contributed by atoms with E-state index in [0.717, 1.165) is 51.4 Å². The van der Waals surface area contributed by atoms with Crippen molar-refractivity contribution in [1.82, 2.24) is 0 Å². The molecule has 1 N–H and O–H groups in total. The highest BCUT2D eigenvalue weighted by Crippen LogP contribution is 2.61. The minimum Gasteiger partial charge on any atom is -0.378 e. The van der Waals surface area contributed by atoms with Gasteiger partial charge in [0, 0.05) is 0 Å². The van der Waals surface area contributed by atoms with Crippen LogP contribution in [0.1, 0.15) is 78.1 Å². The number of hydrogen-bond acceptors (Lipinski definition) is 4. The molecule has 2 saturated carbocycles. The van der Waals surface area contributed by atoms with Crippen molar-refractivity contribution in [2.24, 2.45) is 0 Å². The predicted octanol–water partition coefficient (Wildman–Crippen LogP) is 4.61. The van der Waals surface area contributed by atoms with Crippen LogP contribution in [0.4, 0.5) is 0 Å². The molecule has 0 radical (unpaired) electrons. The zero-order valence-corrected chi connectivity index (χ0v) is 13.7. The Labute approximate surface area is 122 Å². The summed E-state index contributed by atoms with van der Waals surface area (Å²) >= 11 is 0. The van der Waals surface area contributed by atoms with Crippen LogP contribution in [-0.4, -0.2) is 22.7 Å². The summed E-state index contributed by atoms with van der Waals surface area (Å²) in [6, 6.07) is 0. The van der Waals surface area contributed by atoms with E-state index in [2.05, 4.69) is 0 Å². The van der Waals surface area contributed by atoms with Crippen molar-refractivity contribution in [2.45, 2.75) is 95.6 Å². The smallest absolute Gasteiger partial charge is 0.361 e. The van der Waals surface area contributed by atoms with Gasteiger partial charge in [-0.3, -0.25) is 4.57 Å². The third kappa shape index (κ3) is 4.30. The molecule has 2 aliphatic carbocycles. The fourth-order valence-electron chi connectivity index (χ4n) is 3.02. The molecule has 118 valence electrons. The van der Waals surface area contributed by atoms with Crippen molar-refractivity contribution < 1.29 is 18.7 Å². The summed E-state index contributed by atoms with van der Waals surface area (Å²) in [6.45, 7) is 3.08. The van der Waals surface area contributed by atoms with Crippen LogP contribution in [0.25, 0.3) is 0 Å². The third-order valence-electron chi connectivity index (χ3n) is 4.35. The van der Waals surface area contributed by atoms with Crippen molar-refractivity contribution in [3.8, 4) is 0 Å². The molecule has 0 aromatic rings. The SMILES string of the molecule is CC(C)(O)P(=O)(OC1CCCCC1)OC1CCCCC1. The maximum absolute atomic E-state index is 13.1. The summed E-state index contributed by atoms with van der Waals surface area (Å²) in [7, 11) is -3.48. The molecule has 0 aromatic heterocycles. The van der Waals surface area contributed by atoms with Gasteiger partial charge in [0.2, 0.25) is 0 Å². The van der Waals surface area contributed by atoms with Gasteiger partial charge in [-0.1, -0.05) is 38.5 Å². The first kappa shape index (κ1) is 16.5. The summed E-state index contributed by atoms with van der Waals surface area (Å²) in [5.41, 5.74) is 0. The van der Waals surface area contributed by atoms with Gasteiger partial charge in [-0.05, 0) is 39.5 Å². The summed E-state index contributed by atoms with van der Waals surface area (Å²) < 4.78 is 24.7. The first-order valence-corrected chi connectivity index (χ1v) is 9.64. The molecule has 0 aromatic carbocycles. The highest BCUT2D eigenvalue weighted by molar-refractivity contribution is 7.55. The number of aliphatic hydroxyl groups is 1. The lowest BCUT2D eigenvalue weighted by Crippen LogP contribution is -2.30. The minimum absolute atomic E-state index is 0.0235. The standard InChI is InChI=1S/C15H29O4P/c1-15(2,16)20(17,18-13-9-5-3-6-10-13)19-14-11-7-4-8-12-14/h13-14,16H,3-12H2,1-2H3. The van der Waals surface area contributed by atoms with Gasteiger partial charge in [-0.15, -0.1) is 0 Å². The average molecular weight is 304 g/mol. The predicted molar refractivity (Wildman–Crippen MR) is 79.8 cm³/mol. The first-order chi connectivity index (χ1) is 9.41. The van der Waals surface area contributed by atoms with Gasteiger partial charge in [-0.25, -0.2) is 0 Å². The topological polar surface area (TPSA) is 55.8 Å². The Balaban J connectivity index is 2.02. The Morgan fingerprint density at radius 1 is 0.850 bits per heavy atom. The van der Waals surface area contributed by atoms with Gasteiger partial charge in [0.1, 0.15) is 0 Å². The highest BCUT2D eigenvalue weighted by atomic mass is 31.2. The molecule has 5 heteroatoms. The maximum Gasteiger partial charge on any atom is 0.361 e. The van der Waals surface area contributed by atoms with E-state index in [0.29, 0.717) is 0 Å². The quantitative estimate of drug-likeness (QED) is 0.754. The van der Waals surface area contributed by atoms with Crippen molar-refractivity contribution in [3.63, 3.8) is 0 Å². The zero-order chi connectivity index (χ0) is 14.6. The molecule has 0 heterocycles. The highest BCUT2D eigenvalue weighted by Gasteiger charge is 2.45. The Morgan fingerprint density at radius 3 is 1.50 bits per heavy atom. The molecule has 2 rings (SSSR count). The van der Waals surface area contributed by atoms with Gasteiger partial charge in [0.05, 0.1) is 12.2 Å². The Hall–Kier alpha value is 0.110. The molecule has 0 bridgehead atoms. The van der Waals surface area contributed by atoms with E-state index in [-0.39, 0.29) is 12.2 Å². The van der Waals surface area contributed by atoms with Crippen molar-refractivity contribution in [3.05, 3.63) is 0 Å². The van der Waals surface area contributed by atoms with Crippen LogP contribution in [0.5, 0.6) is 0 Å². The molecule has 0 atom stereocenters. The van der Waals surface area contributed by atoms with Crippen LogP contribution in [0, 0.1) is 0 Å². The van der Waals surface area contributed by atoms with Crippen LogP contribution in [0.2, 0.25) is 0 Å². The molecular formula is C15H29O4P. The molecule has 0 unspecified atom stereocenters. The van der Waals surface area contributed by atoms with Gasteiger partial charge in [0.15, 0.2) is 5.34 Å². The van der Waals surface area contributed by atoms with E-state index in [1.165, 1.54) is 12.8 Å². The fourth-order valence-corrected chi connectivity index (χ4v) is 4.79. The Bertz CT molecular complexity index is 314. The summed E-state index contributed by atoms with van der Waals surface area (Å²) in [6.07, 6.45) is 10.5. The monoisotopic (exact) mass is 304 g/mol. The second kappa shape index (κ2) is 6.91. The van der Waals surface area contributed by atoms with Crippen molar-refractivity contribution in [2.75, 3.05) is 0 Å². The van der Waals surface area contributed by atoms with Crippen LogP contribution in [-0.2, 0) is 13.6 Å². The molecule has 2 aliphatic rings. The third-order valence-corrected chi connectivity index (χ3v) is 6.84. The normalized spacial score (nSPS) is 23.9. The molecule has 4 nitrogen and oxygen atoms in total. The molecule has 0 spiro atoms. The van der Waals surface area contributed by atoms with E-state index < -0.39 is 12.9 Å². The van der Waals surface area contributed by atoms with Crippen LogP contribution in [0.3, 0.4) is 0 Å². The molecule has 2 fully saturated rings. The van der Waals surface area contributed by atoms with E-state index >= 15 is 0 Å². The summed E-state index contributed by atoms with van der Waals surface area (Å²) in [4.78, 5) is 0. The average Bonchev–Trinajstić information content (AvgIpc) is 2.39. The largest absolute Gasteiger partial charge is 0.378 e. The van der Waals surface area contributed by atoms with E-state index in [4.69, 9.17) is 9.05 Å². The van der Waals surface area contributed by atoms with Crippen LogP contribution < -0.4 is 0 Å². The van der Waals surface area contributed by atoms with Crippen LogP contribution >= 0.6 is 7.60 Å². The van der Waals surface area contributed by atoms with Gasteiger partial charge in [-0.2, -0.15) is 0 Å². The fraction of sp³-hybridized carbons (Fsp3) is 1.00. The van der Waals surface area contributed by atoms with Crippen LogP contribution in [0.15, 0.2) is 0 Å². The lowest BCUT2D eigenvalue weighted by molar-refractivity contribution is 0.0320. The molecule has 0 aliphatic heterocycles.